The van der Waals surface area contributed by atoms with E-state index in [4.69, 9.17) is 9.47 Å². The largest absolute Gasteiger partial charge is 0.497 e. The highest BCUT2D eigenvalue weighted by Crippen LogP contribution is 2.41. The Morgan fingerprint density at radius 2 is 1.96 bits per heavy atom. The molecule has 6 nitrogen and oxygen atoms in total. The number of rotatable bonds is 4. The number of alkyl halides is 3. The third kappa shape index (κ3) is 3.03. The molecular formula is C15H11F3N2O4S2. The van der Waals surface area contributed by atoms with Crippen molar-refractivity contribution in [3.05, 3.63) is 33.9 Å². The smallest absolute Gasteiger partial charge is 0.471 e. The minimum atomic E-state index is -5.10. The van der Waals surface area contributed by atoms with Crippen LogP contribution in [0.2, 0.25) is 0 Å². The van der Waals surface area contributed by atoms with Crippen LogP contribution in [0.25, 0.3) is 16.3 Å². The molecule has 2 aliphatic rings. The van der Waals surface area contributed by atoms with E-state index < -0.39 is 23.3 Å². The lowest BCUT2D eigenvalue weighted by Gasteiger charge is -2.11. The van der Waals surface area contributed by atoms with E-state index in [-0.39, 0.29) is 4.88 Å². The third-order valence-electron chi connectivity index (χ3n) is 3.53. The van der Waals surface area contributed by atoms with Gasteiger partial charge >= 0.3 is 12.1 Å². The Morgan fingerprint density at radius 1 is 1.23 bits per heavy atom. The van der Waals surface area contributed by atoms with Gasteiger partial charge in [-0.25, -0.2) is 0 Å². The van der Waals surface area contributed by atoms with Crippen molar-refractivity contribution in [3.8, 4) is 27.8 Å². The lowest BCUT2D eigenvalue weighted by Crippen LogP contribution is -2.32. The zero-order chi connectivity index (χ0) is 19.1. The topological polar surface area (TPSA) is 69.6 Å². The number of anilines is 1. The highest BCUT2D eigenvalue weighted by Gasteiger charge is 2.40. The van der Waals surface area contributed by atoms with Crippen LogP contribution in [-0.2, 0) is 4.79 Å². The van der Waals surface area contributed by atoms with Crippen molar-refractivity contribution in [2.75, 3.05) is 19.5 Å². The normalized spacial score (nSPS) is 11.6. The number of aromatic nitrogens is 1. The van der Waals surface area contributed by atoms with Gasteiger partial charge in [0.25, 0.3) is 5.56 Å². The molecule has 1 aromatic carbocycles. The SMILES string of the molecule is COc1ccc(-n2c3cssc-3c(NC(=O)C(F)(F)F)c2=O)c(OC)c1. The van der Waals surface area contributed by atoms with Gasteiger partial charge in [0, 0.05) is 11.4 Å². The highest BCUT2D eigenvalue weighted by molar-refractivity contribution is 7.70. The van der Waals surface area contributed by atoms with Gasteiger partial charge in [-0.2, -0.15) is 13.2 Å². The molecule has 1 amide bonds. The van der Waals surface area contributed by atoms with Gasteiger partial charge in [-0.15, -0.1) is 0 Å². The average molecular weight is 404 g/mol. The molecule has 1 aromatic rings. The fraction of sp³-hybridized carbons (Fsp3) is 0.200. The van der Waals surface area contributed by atoms with E-state index in [0.717, 1.165) is 10.3 Å². The first-order valence-electron chi connectivity index (χ1n) is 7.00. The van der Waals surface area contributed by atoms with Crippen LogP contribution in [-0.4, -0.2) is 30.9 Å². The number of ether oxygens (including phenoxy) is 2. The monoisotopic (exact) mass is 404 g/mol. The average Bonchev–Trinajstić information content (AvgIpc) is 3.16. The number of nitrogens with one attached hydrogen (secondary N) is 1. The summed E-state index contributed by atoms with van der Waals surface area (Å²) >= 11 is 0. The summed E-state index contributed by atoms with van der Waals surface area (Å²) in [4.78, 5) is 24.3. The zero-order valence-electron chi connectivity index (χ0n) is 13.3. The fourth-order valence-electron chi connectivity index (χ4n) is 2.36. The maximum atomic E-state index is 12.7. The van der Waals surface area contributed by atoms with Gasteiger partial charge in [0.05, 0.1) is 30.5 Å². The maximum Gasteiger partial charge on any atom is 0.471 e. The summed E-state index contributed by atoms with van der Waals surface area (Å²) in [6.07, 6.45) is -5.10. The molecular weight excluding hydrogens is 393 g/mol. The Labute approximate surface area is 152 Å². The molecule has 0 saturated heterocycles. The van der Waals surface area contributed by atoms with Gasteiger partial charge in [0.2, 0.25) is 0 Å². The summed E-state index contributed by atoms with van der Waals surface area (Å²) in [6, 6.07) is 4.69. The molecule has 0 radical (unpaired) electrons. The molecule has 0 bridgehead atoms. The second kappa shape index (κ2) is 6.65. The molecule has 0 fully saturated rings. The summed E-state index contributed by atoms with van der Waals surface area (Å²) in [5, 5.41) is 3.30. The quantitative estimate of drug-likeness (QED) is 0.675. The van der Waals surface area contributed by atoms with Crippen molar-refractivity contribution in [2.24, 2.45) is 0 Å². The predicted molar refractivity (Wildman–Crippen MR) is 92.2 cm³/mol. The van der Waals surface area contributed by atoms with Gasteiger partial charge in [-0.05, 0) is 12.1 Å². The van der Waals surface area contributed by atoms with Crippen LogP contribution in [0.5, 0.6) is 11.5 Å². The lowest BCUT2D eigenvalue weighted by atomic mass is 10.2. The number of halogens is 3. The van der Waals surface area contributed by atoms with E-state index in [2.05, 4.69) is 0 Å². The maximum absolute atomic E-state index is 12.7. The fourth-order valence-corrected chi connectivity index (χ4v) is 4.56. The van der Waals surface area contributed by atoms with Crippen molar-refractivity contribution in [2.45, 2.75) is 6.18 Å². The first-order chi connectivity index (χ1) is 12.3. The zero-order valence-corrected chi connectivity index (χ0v) is 15.0. The van der Waals surface area contributed by atoms with Gasteiger partial charge in [0.15, 0.2) is 0 Å². The van der Waals surface area contributed by atoms with E-state index in [9.17, 15) is 22.8 Å². The van der Waals surface area contributed by atoms with Crippen LogP contribution in [0.4, 0.5) is 18.9 Å². The molecule has 3 rings (SSSR count). The van der Waals surface area contributed by atoms with Gasteiger partial charge in [-0.3, -0.25) is 14.2 Å². The summed E-state index contributed by atoms with van der Waals surface area (Å²) in [5.41, 5.74) is -0.487. The summed E-state index contributed by atoms with van der Waals surface area (Å²) < 4.78 is 49.3. The van der Waals surface area contributed by atoms with Crippen LogP contribution in [0.1, 0.15) is 0 Å². The Balaban J connectivity index is 2.17. The van der Waals surface area contributed by atoms with Crippen LogP contribution in [0.3, 0.4) is 0 Å². The van der Waals surface area contributed by atoms with E-state index in [1.807, 2.05) is 0 Å². The molecule has 0 aliphatic carbocycles. The molecule has 2 aliphatic heterocycles. The molecule has 0 atom stereocenters. The standard InChI is InChI=1S/C15H11F3N2O4S2/c1-23-7-3-4-8(10(5-7)24-2)20-9-6-25-26-12(9)11(13(20)21)19-14(22)15(16,17)18/h3-6H,1-2H3,(H,19,22). The molecule has 0 spiro atoms. The molecule has 11 heteroatoms. The number of fused-ring (bicyclic) bond motifs is 1. The van der Waals surface area contributed by atoms with Crippen LogP contribution in [0, 0.1) is 0 Å². The van der Waals surface area contributed by atoms with E-state index in [0.29, 0.717) is 22.9 Å². The van der Waals surface area contributed by atoms with Crippen molar-refractivity contribution >= 4 is 32.3 Å². The number of amides is 1. The van der Waals surface area contributed by atoms with Crippen LogP contribution in [0.15, 0.2) is 28.4 Å². The Bertz CT molecular complexity index is 990. The summed E-state index contributed by atoms with van der Waals surface area (Å²) in [7, 11) is 5.18. The van der Waals surface area contributed by atoms with Gasteiger partial charge in [-0.1, -0.05) is 20.7 Å². The van der Waals surface area contributed by atoms with Crippen molar-refractivity contribution < 1.29 is 27.4 Å². The second-order valence-corrected chi connectivity index (χ2v) is 7.10. The Kier molecular flexibility index (Phi) is 4.67. The number of benzene rings is 1. The molecule has 2 heterocycles. The van der Waals surface area contributed by atoms with E-state index in [1.165, 1.54) is 29.1 Å². The first kappa shape index (κ1) is 18.3. The van der Waals surface area contributed by atoms with Crippen LogP contribution >= 0.6 is 20.7 Å². The first-order valence-corrected chi connectivity index (χ1v) is 9.22. The second-order valence-electron chi connectivity index (χ2n) is 5.02. The number of carbonyl (C=O) groups excluding carboxylic acids is 1. The third-order valence-corrected chi connectivity index (χ3v) is 5.61. The van der Waals surface area contributed by atoms with Crippen LogP contribution < -0.4 is 20.3 Å². The Hall–Kier alpha value is -2.53. The lowest BCUT2D eigenvalue weighted by molar-refractivity contribution is -0.167. The molecule has 138 valence electrons. The van der Waals surface area contributed by atoms with Crippen molar-refractivity contribution in [3.63, 3.8) is 0 Å². The van der Waals surface area contributed by atoms with Crippen molar-refractivity contribution in [1.82, 2.24) is 4.57 Å². The van der Waals surface area contributed by atoms with E-state index >= 15 is 0 Å². The van der Waals surface area contributed by atoms with Gasteiger partial charge < -0.3 is 14.8 Å². The number of methoxy groups -OCH3 is 2. The van der Waals surface area contributed by atoms with E-state index in [1.54, 1.807) is 28.9 Å². The minimum absolute atomic E-state index is 0.260. The predicted octanol–water partition coefficient (Wildman–Crippen LogP) is 3.58. The molecule has 0 unspecified atom stereocenters. The summed E-state index contributed by atoms with van der Waals surface area (Å²) in [5.74, 6) is -1.42. The number of hydrogen-bond acceptors (Lipinski definition) is 6. The number of hydrogen-bond donors (Lipinski definition) is 1. The molecule has 0 aromatic heterocycles. The summed E-state index contributed by atoms with van der Waals surface area (Å²) in [6.45, 7) is 0. The van der Waals surface area contributed by atoms with Gasteiger partial charge in [0.1, 0.15) is 17.2 Å². The number of nitrogens with zero attached hydrogens (tertiary/aromatic N) is 1. The molecule has 1 N–H and O–H groups in total. The van der Waals surface area contributed by atoms with Crippen molar-refractivity contribution in [1.29, 1.82) is 0 Å². The molecule has 0 saturated carbocycles. The highest BCUT2D eigenvalue weighted by atomic mass is 32.9. The Morgan fingerprint density at radius 3 is 2.58 bits per heavy atom. The molecule has 26 heavy (non-hydrogen) atoms. The number of carbonyl (C=O) groups is 1. The minimum Gasteiger partial charge on any atom is -0.497 e.